The molecule has 128 valence electrons. The molecule has 0 saturated carbocycles. The number of amides is 1. The normalized spacial score (nSPS) is 23.1. The smallest absolute Gasteiger partial charge is 0.264 e. The number of thiophene rings is 1. The monoisotopic (exact) mass is 347 g/mol. The highest BCUT2D eigenvalue weighted by molar-refractivity contribution is 7.12. The van der Waals surface area contributed by atoms with E-state index in [1.54, 1.807) is 0 Å². The van der Waals surface area contributed by atoms with E-state index in [-0.39, 0.29) is 17.6 Å². The summed E-state index contributed by atoms with van der Waals surface area (Å²) in [6, 6.07) is 2.00. The van der Waals surface area contributed by atoms with Gasteiger partial charge in [-0.3, -0.25) is 4.79 Å². The van der Waals surface area contributed by atoms with Gasteiger partial charge in [-0.05, 0) is 56.5 Å². The van der Waals surface area contributed by atoms with E-state index in [0.717, 1.165) is 49.2 Å². The van der Waals surface area contributed by atoms with Crippen LogP contribution >= 0.6 is 11.3 Å². The van der Waals surface area contributed by atoms with Crippen LogP contribution in [0.15, 0.2) is 16.0 Å². The van der Waals surface area contributed by atoms with Gasteiger partial charge in [-0.15, -0.1) is 11.3 Å². The number of hydrogen-bond acceptors (Lipinski definition) is 6. The molecular weight excluding hydrogens is 326 g/mol. The van der Waals surface area contributed by atoms with Gasteiger partial charge in [0.1, 0.15) is 6.10 Å². The molecule has 0 radical (unpaired) electrons. The Bertz CT molecular complexity index is 746. The van der Waals surface area contributed by atoms with Crippen LogP contribution in [0.3, 0.4) is 0 Å². The molecular formula is C17H21N3O3S. The number of aryl methyl sites for hydroxylation is 2. The Hall–Kier alpha value is -1.73. The quantitative estimate of drug-likeness (QED) is 0.834. The molecule has 2 saturated heterocycles. The van der Waals surface area contributed by atoms with Crippen molar-refractivity contribution in [3.05, 3.63) is 33.6 Å². The van der Waals surface area contributed by atoms with Crippen molar-refractivity contribution in [3.63, 3.8) is 0 Å². The molecule has 0 aliphatic carbocycles. The first kappa shape index (κ1) is 15.8. The minimum absolute atomic E-state index is 0.104. The van der Waals surface area contributed by atoms with Crippen LogP contribution in [0.4, 0.5) is 0 Å². The van der Waals surface area contributed by atoms with Crippen molar-refractivity contribution in [2.24, 2.45) is 0 Å². The number of piperidine rings is 1. The van der Waals surface area contributed by atoms with E-state index in [9.17, 15) is 4.79 Å². The number of carbonyl (C=O) groups is 1. The average molecular weight is 347 g/mol. The van der Waals surface area contributed by atoms with Gasteiger partial charge < -0.3 is 14.2 Å². The van der Waals surface area contributed by atoms with Gasteiger partial charge in [0, 0.05) is 13.1 Å². The zero-order valence-corrected chi connectivity index (χ0v) is 14.8. The largest absolute Gasteiger partial charge is 0.362 e. The average Bonchev–Trinajstić information content (AvgIpc) is 3.28. The number of ether oxygens (including phenoxy) is 1. The van der Waals surface area contributed by atoms with E-state index in [0.29, 0.717) is 11.7 Å². The Morgan fingerprint density at radius 3 is 2.75 bits per heavy atom. The molecule has 0 unspecified atom stereocenters. The van der Waals surface area contributed by atoms with Crippen LogP contribution in [0.1, 0.15) is 58.7 Å². The van der Waals surface area contributed by atoms with Gasteiger partial charge >= 0.3 is 0 Å². The lowest BCUT2D eigenvalue weighted by Crippen LogP contribution is -2.46. The number of rotatable bonds is 2. The molecule has 1 amide bonds. The third kappa shape index (κ3) is 2.75. The van der Waals surface area contributed by atoms with Gasteiger partial charge in [0.15, 0.2) is 5.82 Å². The molecule has 2 aromatic heterocycles. The molecule has 1 spiro atoms. The number of nitrogens with zero attached hydrogens (tertiary/aromatic N) is 3. The van der Waals surface area contributed by atoms with E-state index in [2.05, 4.69) is 10.1 Å². The second-order valence-electron chi connectivity index (χ2n) is 6.73. The molecule has 4 rings (SSSR count). The van der Waals surface area contributed by atoms with Gasteiger partial charge in [0.2, 0.25) is 0 Å². The van der Waals surface area contributed by atoms with E-state index in [1.165, 1.54) is 11.3 Å². The zero-order valence-electron chi connectivity index (χ0n) is 13.9. The lowest BCUT2D eigenvalue weighted by Gasteiger charge is -2.38. The van der Waals surface area contributed by atoms with E-state index < -0.39 is 0 Å². The van der Waals surface area contributed by atoms with Gasteiger partial charge in [0.25, 0.3) is 11.8 Å². The Labute approximate surface area is 144 Å². The maximum Gasteiger partial charge on any atom is 0.264 e. The van der Waals surface area contributed by atoms with Crippen molar-refractivity contribution < 1.29 is 14.1 Å². The van der Waals surface area contributed by atoms with Gasteiger partial charge in [-0.1, -0.05) is 5.16 Å². The van der Waals surface area contributed by atoms with Crippen molar-refractivity contribution in [1.82, 2.24) is 15.0 Å². The Balaban J connectivity index is 1.39. The molecule has 24 heavy (non-hydrogen) atoms. The van der Waals surface area contributed by atoms with Gasteiger partial charge in [-0.2, -0.15) is 4.98 Å². The third-order valence-electron chi connectivity index (χ3n) is 5.09. The summed E-state index contributed by atoms with van der Waals surface area (Å²) in [6.45, 7) is 5.29. The highest BCUT2D eigenvalue weighted by Crippen LogP contribution is 2.44. The first-order valence-electron chi connectivity index (χ1n) is 8.38. The van der Waals surface area contributed by atoms with Crippen LogP contribution in [0.25, 0.3) is 0 Å². The van der Waals surface area contributed by atoms with Crippen LogP contribution < -0.4 is 0 Å². The molecule has 0 bridgehead atoms. The minimum Gasteiger partial charge on any atom is -0.362 e. The maximum atomic E-state index is 12.6. The van der Waals surface area contributed by atoms with Crippen LogP contribution in [0.5, 0.6) is 0 Å². The zero-order chi connectivity index (χ0) is 16.7. The fourth-order valence-electron chi connectivity index (χ4n) is 3.65. The fourth-order valence-corrected chi connectivity index (χ4v) is 4.54. The van der Waals surface area contributed by atoms with Gasteiger partial charge in [-0.25, -0.2) is 0 Å². The summed E-state index contributed by atoms with van der Waals surface area (Å²) < 4.78 is 11.6. The summed E-state index contributed by atoms with van der Waals surface area (Å²) in [7, 11) is 0. The van der Waals surface area contributed by atoms with E-state index >= 15 is 0 Å². The molecule has 1 atom stereocenters. The van der Waals surface area contributed by atoms with Crippen LogP contribution in [-0.4, -0.2) is 39.6 Å². The standard InChI is InChI=1S/C17H21N3O3S/c1-11-4-10-24-14(11)16(21)20-8-6-17(7-9-20)5-3-13(22-17)15-18-12(2)19-23-15/h4,10,13H,3,5-9H2,1-2H3/t13-/m1/s1. The van der Waals surface area contributed by atoms with Gasteiger partial charge in [0.05, 0.1) is 10.5 Å². The number of carbonyl (C=O) groups excluding carboxylic acids is 1. The highest BCUT2D eigenvalue weighted by atomic mass is 32.1. The Morgan fingerprint density at radius 2 is 2.12 bits per heavy atom. The number of aromatic nitrogens is 2. The topological polar surface area (TPSA) is 68.5 Å². The summed E-state index contributed by atoms with van der Waals surface area (Å²) in [5, 5.41) is 5.83. The lowest BCUT2D eigenvalue weighted by molar-refractivity contribution is -0.0820. The number of likely N-dealkylation sites (tertiary alicyclic amines) is 1. The Morgan fingerprint density at radius 1 is 1.33 bits per heavy atom. The lowest BCUT2D eigenvalue weighted by atomic mass is 9.88. The second-order valence-corrected chi connectivity index (χ2v) is 7.65. The van der Waals surface area contributed by atoms with Crippen LogP contribution in [0, 0.1) is 13.8 Å². The van der Waals surface area contributed by atoms with E-state index in [1.807, 2.05) is 30.2 Å². The van der Waals surface area contributed by atoms with Crippen LogP contribution in [0.2, 0.25) is 0 Å². The summed E-state index contributed by atoms with van der Waals surface area (Å²) in [5.74, 6) is 1.37. The molecule has 2 aliphatic rings. The molecule has 0 aromatic carbocycles. The Kier molecular flexibility index (Phi) is 3.92. The predicted octanol–water partition coefficient (Wildman–Crippen LogP) is 3.27. The third-order valence-corrected chi connectivity index (χ3v) is 6.10. The molecule has 2 aliphatic heterocycles. The highest BCUT2D eigenvalue weighted by Gasteiger charge is 2.45. The van der Waals surface area contributed by atoms with Crippen molar-refractivity contribution >= 4 is 17.2 Å². The first-order valence-corrected chi connectivity index (χ1v) is 9.26. The fraction of sp³-hybridized carbons (Fsp3) is 0.588. The van der Waals surface area contributed by atoms with E-state index in [4.69, 9.17) is 9.26 Å². The summed E-state index contributed by atoms with van der Waals surface area (Å²) in [6.07, 6.45) is 3.52. The molecule has 4 heterocycles. The van der Waals surface area contributed by atoms with Crippen molar-refractivity contribution in [1.29, 1.82) is 0 Å². The SMILES string of the molecule is Cc1noc([C@H]2CCC3(CCN(C(=O)c4sccc4C)CC3)O2)n1. The van der Waals surface area contributed by atoms with Crippen LogP contribution in [-0.2, 0) is 4.74 Å². The molecule has 0 N–H and O–H groups in total. The molecule has 6 nitrogen and oxygen atoms in total. The molecule has 7 heteroatoms. The summed E-state index contributed by atoms with van der Waals surface area (Å²) in [4.78, 5) is 19.7. The predicted molar refractivity (Wildman–Crippen MR) is 89.0 cm³/mol. The van der Waals surface area contributed by atoms with Crippen molar-refractivity contribution in [2.75, 3.05) is 13.1 Å². The summed E-state index contributed by atoms with van der Waals surface area (Å²) >= 11 is 1.52. The summed E-state index contributed by atoms with van der Waals surface area (Å²) in [5.41, 5.74) is 0.920. The van der Waals surface area contributed by atoms with Crippen molar-refractivity contribution in [3.8, 4) is 0 Å². The molecule has 2 aromatic rings. The van der Waals surface area contributed by atoms with Crippen molar-refractivity contribution in [2.45, 2.75) is 51.2 Å². The maximum absolute atomic E-state index is 12.6. The molecule has 2 fully saturated rings. The first-order chi connectivity index (χ1) is 11.6. The second kappa shape index (κ2) is 5.97. The number of hydrogen-bond donors (Lipinski definition) is 0. The minimum atomic E-state index is -0.145.